The molecule has 1 aliphatic heterocycles. The van der Waals surface area contributed by atoms with Gasteiger partial charge >= 0.3 is 0 Å². The zero-order valence-electron chi connectivity index (χ0n) is 11.9. The topological polar surface area (TPSA) is 134 Å². The van der Waals surface area contributed by atoms with Crippen molar-refractivity contribution < 1.29 is 0 Å². The van der Waals surface area contributed by atoms with Crippen LogP contribution in [0.3, 0.4) is 0 Å². The fraction of sp³-hybridized carbons (Fsp3) is 0.545. The molecule has 11 heteroatoms. The highest BCUT2D eigenvalue weighted by molar-refractivity contribution is 5.69. The molecule has 3 aromatic heterocycles. The highest BCUT2D eigenvalue weighted by atomic mass is 16.1. The lowest BCUT2D eigenvalue weighted by molar-refractivity contribution is 0.481. The molecule has 0 bridgehead atoms. The Morgan fingerprint density at radius 3 is 2.77 bits per heavy atom. The predicted octanol–water partition coefficient (Wildman–Crippen LogP) is -1.05. The summed E-state index contributed by atoms with van der Waals surface area (Å²) in [6.07, 6.45) is 1.78. The van der Waals surface area contributed by atoms with Crippen LogP contribution in [0.2, 0.25) is 0 Å². The van der Waals surface area contributed by atoms with Gasteiger partial charge < -0.3 is 4.90 Å². The van der Waals surface area contributed by atoms with E-state index in [1.165, 1.54) is 4.68 Å². The monoisotopic (exact) mass is 302 g/mol. The summed E-state index contributed by atoms with van der Waals surface area (Å²) < 4.78 is 1.50. The van der Waals surface area contributed by atoms with Gasteiger partial charge in [-0.25, -0.2) is 9.78 Å². The highest BCUT2D eigenvalue weighted by Crippen LogP contribution is 2.26. The second kappa shape index (κ2) is 4.86. The van der Waals surface area contributed by atoms with Gasteiger partial charge in [0.25, 0.3) is 5.56 Å². The van der Waals surface area contributed by atoms with Gasteiger partial charge in [0.15, 0.2) is 17.0 Å². The van der Waals surface area contributed by atoms with Crippen molar-refractivity contribution in [1.29, 1.82) is 0 Å². The van der Waals surface area contributed by atoms with Crippen molar-refractivity contribution in [3.8, 4) is 0 Å². The average molecular weight is 302 g/mol. The molecule has 4 heterocycles. The summed E-state index contributed by atoms with van der Waals surface area (Å²) >= 11 is 0. The molecule has 0 atom stereocenters. The SMILES string of the molecule is Cn1nnc2c(=O)[nH]c(N3CCC(c4nnn[nH]4)CC3)nc21. The van der Waals surface area contributed by atoms with Crippen LogP contribution < -0.4 is 10.5 Å². The molecule has 2 N–H and O–H groups in total. The molecule has 0 aromatic carbocycles. The first kappa shape index (κ1) is 12.9. The molecule has 1 aliphatic rings. The third kappa shape index (κ3) is 2.01. The molecular formula is C11H14N10O. The minimum atomic E-state index is -0.269. The summed E-state index contributed by atoms with van der Waals surface area (Å²) in [5.41, 5.74) is 0.476. The number of fused-ring (bicyclic) bond motifs is 1. The van der Waals surface area contributed by atoms with Crippen LogP contribution in [-0.2, 0) is 7.05 Å². The molecule has 0 unspecified atom stereocenters. The van der Waals surface area contributed by atoms with Crippen molar-refractivity contribution in [3.63, 3.8) is 0 Å². The van der Waals surface area contributed by atoms with E-state index in [4.69, 9.17) is 0 Å². The number of anilines is 1. The van der Waals surface area contributed by atoms with Crippen LogP contribution in [0.4, 0.5) is 5.95 Å². The number of hydrogen-bond acceptors (Lipinski definition) is 8. The number of hydrogen-bond donors (Lipinski definition) is 2. The number of tetrazole rings is 1. The van der Waals surface area contributed by atoms with Crippen LogP contribution >= 0.6 is 0 Å². The lowest BCUT2D eigenvalue weighted by Gasteiger charge is -2.30. The van der Waals surface area contributed by atoms with Crippen LogP contribution in [0, 0.1) is 0 Å². The van der Waals surface area contributed by atoms with Crippen molar-refractivity contribution in [3.05, 3.63) is 16.2 Å². The van der Waals surface area contributed by atoms with E-state index in [2.05, 4.69) is 40.9 Å². The van der Waals surface area contributed by atoms with E-state index in [1.807, 2.05) is 4.90 Å². The first-order valence-corrected chi connectivity index (χ1v) is 7.00. The Hall–Kier alpha value is -2.85. The van der Waals surface area contributed by atoms with Gasteiger partial charge in [0.2, 0.25) is 5.95 Å². The second-order valence-electron chi connectivity index (χ2n) is 5.32. The maximum atomic E-state index is 12.0. The van der Waals surface area contributed by atoms with Crippen molar-refractivity contribution in [2.75, 3.05) is 18.0 Å². The van der Waals surface area contributed by atoms with Crippen LogP contribution in [0.1, 0.15) is 24.6 Å². The Bertz CT molecular complexity index is 842. The van der Waals surface area contributed by atoms with Crippen molar-refractivity contribution in [2.45, 2.75) is 18.8 Å². The summed E-state index contributed by atoms with van der Waals surface area (Å²) in [5, 5.41) is 21.6. The Morgan fingerprint density at radius 1 is 1.23 bits per heavy atom. The molecule has 0 aliphatic carbocycles. The van der Waals surface area contributed by atoms with Gasteiger partial charge in [-0.1, -0.05) is 5.21 Å². The molecule has 11 nitrogen and oxygen atoms in total. The van der Waals surface area contributed by atoms with Crippen molar-refractivity contribution in [2.24, 2.45) is 7.05 Å². The molecule has 4 rings (SSSR count). The van der Waals surface area contributed by atoms with Crippen LogP contribution in [0.15, 0.2) is 4.79 Å². The fourth-order valence-electron chi connectivity index (χ4n) is 2.77. The Balaban J connectivity index is 1.59. The second-order valence-corrected chi connectivity index (χ2v) is 5.32. The van der Waals surface area contributed by atoms with Gasteiger partial charge in [0.05, 0.1) is 0 Å². The number of aromatic nitrogens is 9. The lowest BCUT2D eigenvalue weighted by Crippen LogP contribution is -2.35. The van der Waals surface area contributed by atoms with Gasteiger partial charge in [0, 0.05) is 26.1 Å². The molecule has 1 saturated heterocycles. The standard InChI is InChI=1S/C11H14N10O/c1-20-9-7(14-19-20)10(22)13-11(12-9)21-4-2-6(3-5-21)8-15-17-18-16-8/h6H,2-5H2,1H3,(H,12,13,22)(H,15,16,17,18). The Kier molecular flexibility index (Phi) is 2.84. The summed E-state index contributed by atoms with van der Waals surface area (Å²) in [7, 11) is 1.72. The Morgan fingerprint density at radius 2 is 2.05 bits per heavy atom. The summed E-state index contributed by atoms with van der Waals surface area (Å²) in [4.78, 5) is 21.3. The largest absolute Gasteiger partial charge is 0.342 e. The highest BCUT2D eigenvalue weighted by Gasteiger charge is 2.25. The van der Waals surface area contributed by atoms with Gasteiger partial charge in [-0.2, -0.15) is 4.98 Å². The van der Waals surface area contributed by atoms with Gasteiger partial charge in [-0.05, 0) is 23.3 Å². The number of nitrogens with one attached hydrogen (secondary N) is 2. The third-order valence-electron chi connectivity index (χ3n) is 3.99. The number of aryl methyl sites for hydroxylation is 1. The van der Waals surface area contributed by atoms with Gasteiger partial charge in [-0.3, -0.25) is 9.78 Å². The fourth-order valence-corrected chi connectivity index (χ4v) is 2.77. The molecule has 0 amide bonds. The summed E-state index contributed by atoms with van der Waals surface area (Å²) in [5.74, 6) is 1.67. The quantitative estimate of drug-likeness (QED) is 0.612. The molecule has 1 fully saturated rings. The van der Waals surface area contributed by atoms with Gasteiger partial charge in [-0.15, -0.1) is 10.2 Å². The molecule has 0 spiro atoms. The lowest BCUT2D eigenvalue weighted by atomic mass is 9.96. The minimum Gasteiger partial charge on any atom is -0.342 e. The average Bonchev–Trinajstić information content (AvgIpc) is 3.18. The number of aromatic amines is 2. The maximum absolute atomic E-state index is 12.0. The zero-order valence-corrected chi connectivity index (χ0v) is 11.9. The normalized spacial score (nSPS) is 16.5. The van der Waals surface area contributed by atoms with E-state index in [-0.39, 0.29) is 11.1 Å². The van der Waals surface area contributed by atoms with E-state index in [1.54, 1.807) is 7.05 Å². The van der Waals surface area contributed by atoms with Gasteiger partial charge in [0.1, 0.15) is 0 Å². The van der Waals surface area contributed by atoms with Crippen molar-refractivity contribution >= 4 is 17.1 Å². The third-order valence-corrected chi connectivity index (χ3v) is 3.99. The zero-order chi connectivity index (χ0) is 15.1. The molecule has 0 radical (unpaired) electrons. The van der Waals surface area contributed by atoms with Crippen molar-refractivity contribution in [1.82, 2.24) is 45.6 Å². The van der Waals surface area contributed by atoms with Crippen LogP contribution in [0.5, 0.6) is 0 Å². The van der Waals surface area contributed by atoms with E-state index in [0.29, 0.717) is 17.5 Å². The molecule has 0 saturated carbocycles. The molecule has 22 heavy (non-hydrogen) atoms. The van der Waals surface area contributed by atoms with E-state index in [0.717, 1.165) is 31.8 Å². The summed E-state index contributed by atoms with van der Waals surface area (Å²) in [6, 6.07) is 0. The number of H-pyrrole nitrogens is 2. The van der Waals surface area contributed by atoms with E-state index in [9.17, 15) is 4.79 Å². The number of nitrogens with zero attached hydrogens (tertiary/aromatic N) is 8. The number of piperidine rings is 1. The smallest absolute Gasteiger partial charge is 0.282 e. The molecule has 114 valence electrons. The minimum absolute atomic E-state index is 0.258. The van der Waals surface area contributed by atoms with E-state index >= 15 is 0 Å². The first-order valence-electron chi connectivity index (χ1n) is 7.00. The van der Waals surface area contributed by atoms with E-state index < -0.39 is 0 Å². The van der Waals surface area contributed by atoms with Crippen LogP contribution in [-0.4, -0.2) is 58.7 Å². The summed E-state index contributed by atoms with van der Waals surface area (Å²) in [6.45, 7) is 1.54. The van der Waals surface area contributed by atoms with Crippen LogP contribution in [0.25, 0.3) is 11.2 Å². The number of rotatable bonds is 2. The Labute approximate surface area is 123 Å². The molecule has 3 aromatic rings. The predicted molar refractivity (Wildman–Crippen MR) is 75.3 cm³/mol. The maximum Gasteiger partial charge on any atom is 0.282 e. The first-order chi connectivity index (χ1) is 10.7. The molecular weight excluding hydrogens is 288 g/mol.